The Morgan fingerprint density at radius 3 is 2.45 bits per heavy atom. The highest BCUT2D eigenvalue weighted by atomic mass is 16.5. The average Bonchev–Trinajstić information content (AvgIpc) is 2.33. The highest BCUT2D eigenvalue weighted by Crippen LogP contribution is 2.30. The normalized spacial score (nSPS) is 21.7. The van der Waals surface area contributed by atoms with E-state index >= 15 is 0 Å². The van der Waals surface area contributed by atoms with Crippen LogP contribution in [0.25, 0.3) is 0 Å². The van der Waals surface area contributed by atoms with Crippen LogP contribution in [0.4, 0.5) is 0 Å². The van der Waals surface area contributed by atoms with Gasteiger partial charge in [0.15, 0.2) is 0 Å². The Morgan fingerprint density at radius 2 is 1.86 bits per heavy atom. The van der Waals surface area contributed by atoms with Gasteiger partial charge in [0, 0.05) is 25.7 Å². The monoisotopic (exact) mass is 313 g/mol. The summed E-state index contributed by atoms with van der Waals surface area (Å²) >= 11 is 0. The second-order valence-corrected chi connectivity index (χ2v) is 7.89. The Labute approximate surface area is 136 Å². The molecular weight excluding hydrogens is 278 g/mol. The molecule has 4 nitrogen and oxygen atoms in total. The molecule has 0 bridgehead atoms. The smallest absolute Gasteiger partial charge is 0.223 e. The minimum Gasteiger partial charge on any atom is -0.379 e. The summed E-state index contributed by atoms with van der Waals surface area (Å²) in [6.07, 6.45) is 5.48. The summed E-state index contributed by atoms with van der Waals surface area (Å²) in [6, 6.07) is 0. The zero-order chi connectivity index (χ0) is 16.6. The van der Waals surface area contributed by atoms with Gasteiger partial charge in [-0.05, 0) is 51.4 Å². The summed E-state index contributed by atoms with van der Waals surface area (Å²) in [4.78, 5) is 11.9. The summed E-state index contributed by atoms with van der Waals surface area (Å²) in [5, 5.41) is 2.99. The molecule has 0 radical (unpaired) electrons. The molecule has 1 fully saturated rings. The van der Waals surface area contributed by atoms with E-state index in [9.17, 15) is 4.79 Å². The first-order valence-corrected chi connectivity index (χ1v) is 8.79. The van der Waals surface area contributed by atoms with E-state index in [1.165, 1.54) is 6.42 Å². The standard InChI is InChI=1S/C18H35NO3/c1-14(2)21-11-7-9-19-17(20)15-12-16(13-15)22-10-6-8-18(3,4)5/h14-16H,6-13H2,1-5H3,(H,19,20)/t15-,16+. The van der Waals surface area contributed by atoms with Gasteiger partial charge in [-0.2, -0.15) is 0 Å². The van der Waals surface area contributed by atoms with Crippen molar-refractivity contribution in [2.75, 3.05) is 19.8 Å². The van der Waals surface area contributed by atoms with Crippen molar-refractivity contribution in [1.82, 2.24) is 5.32 Å². The average molecular weight is 313 g/mol. The zero-order valence-electron chi connectivity index (χ0n) is 15.1. The molecule has 1 rings (SSSR count). The van der Waals surface area contributed by atoms with Crippen LogP contribution in [0.1, 0.15) is 66.7 Å². The van der Waals surface area contributed by atoms with E-state index in [0.29, 0.717) is 24.7 Å². The van der Waals surface area contributed by atoms with Gasteiger partial charge in [-0.25, -0.2) is 0 Å². The van der Waals surface area contributed by atoms with Crippen LogP contribution in [0.15, 0.2) is 0 Å². The van der Waals surface area contributed by atoms with Crippen LogP contribution in [-0.4, -0.2) is 37.9 Å². The third-order valence-electron chi connectivity index (χ3n) is 3.96. The summed E-state index contributed by atoms with van der Waals surface area (Å²) < 4.78 is 11.3. The van der Waals surface area contributed by atoms with E-state index in [-0.39, 0.29) is 17.9 Å². The molecule has 0 unspecified atom stereocenters. The van der Waals surface area contributed by atoms with Crippen molar-refractivity contribution in [3.05, 3.63) is 0 Å². The van der Waals surface area contributed by atoms with Crippen molar-refractivity contribution in [2.45, 2.75) is 78.9 Å². The van der Waals surface area contributed by atoms with Gasteiger partial charge in [0.1, 0.15) is 0 Å². The molecule has 0 saturated heterocycles. The lowest BCUT2D eigenvalue weighted by molar-refractivity contribution is -0.134. The quantitative estimate of drug-likeness (QED) is 0.628. The second kappa shape index (κ2) is 9.51. The predicted octanol–water partition coefficient (Wildman–Crippen LogP) is 3.54. The number of carbonyl (C=O) groups is 1. The fourth-order valence-corrected chi connectivity index (χ4v) is 2.52. The van der Waals surface area contributed by atoms with Gasteiger partial charge < -0.3 is 14.8 Å². The van der Waals surface area contributed by atoms with E-state index in [1.807, 2.05) is 13.8 Å². The highest BCUT2D eigenvalue weighted by Gasteiger charge is 2.34. The van der Waals surface area contributed by atoms with Crippen molar-refractivity contribution >= 4 is 5.91 Å². The van der Waals surface area contributed by atoms with Gasteiger partial charge in [0.25, 0.3) is 0 Å². The SMILES string of the molecule is CC(C)OCCCNC(=O)[C@H]1C[C@@H](OCCCC(C)(C)C)C1. The van der Waals surface area contributed by atoms with Gasteiger partial charge >= 0.3 is 0 Å². The summed E-state index contributed by atoms with van der Waals surface area (Å²) in [5.41, 5.74) is 0.380. The molecule has 0 aromatic carbocycles. The van der Waals surface area contributed by atoms with Gasteiger partial charge in [-0.3, -0.25) is 4.79 Å². The minimum atomic E-state index is 0.152. The van der Waals surface area contributed by atoms with Crippen molar-refractivity contribution in [3.63, 3.8) is 0 Å². The fraction of sp³-hybridized carbons (Fsp3) is 0.944. The number of amides is 1. The number of ether oxygens (including phenoxy) is 2. The molecule has 130 valence electrons. The molecule has 0 spiro atoms. The van der Waals surface area contributed by atoms with Crippen LogP contribution in [0.3, 0.4) is 0 Å². The number of hydrogen-bond acceptors (Lipinski definition) is 3. The maximum Gasteiger partial charge on any atom is 0.223 e. The molecule has 0 atom stereocenters. The van der Waals surface area contributed by atoms with E-state index in [1.54, 1.807) is 0 Å². The maximum absolute atomic E-state index is 11.9. The molecule has 1 aliphatic carbocycles. The fourth-order valence-electron chi connectivity index (χ4n) is 2.52. The molecule has 1 aliphatic rings. The Morgan fingerprint density at radius 1 is 1.18 bits per heavy atom. The zero-order valence-corrected chi connectivity index (χ0v) is 15.1. The van der Waals surface area contributed by atoms with Crippen LogP contribution in [0.2, 0.25) is 0 Å². The molecule has 0 aromatic rings. The molecule has 0 aromatic heterocycles. The Balaban J connectivity index is 1.96. The molecule has 22 heavy (non-hydrogen) atoms. The first-order valence-electron chi connectivity index (χ1n) is 8.79. The van der Waals surface area contributed by atoms with Crippen LogP contribution >= 0.6 is 0 Å². The van der Waals surface area contributed by atoms with Crippen LogP contribution in [0, 0.1) is 11.3 Å². The van der Waals surface area contributed by atoms with Gasteiger partial charge in [0.2, 0.25) is 5.91 Å². The number of hydrogen-bond donors (Lipinski definition) is 1. The van der Waals surface area contributed by atoms with E-state index in [2.05, 4.69) is 26.1 Å². The van der Waals surface area contributed by atoms with Gasteiger partial charge in [-0.1, -0.05) is 20.8 Å². The summed E-state index contributed by atoms with van der Waals surface area (Å²) in [6.45, 7) is 13.0. The minimum absolute atomic E-state index is 0.152. The summed E-state index contributed by atoms with van der Waals surface area (Å²) in [7, 11) is 0. The lowest BCUT2D eigenvalue weighted by Gasteiger charge is -2.34. The Kier molecular flexibility index (Phi) is 8.40. The molecule has 1 amide bonds. The molecule has 1 N–H and O–H groups in total. The van der Waals surface area contributed by atoms with Crippen molar-refractivity contribution in [1.29, 1.82) is 0 Å². The Bertz CT molecular complexity index is 317. The molecule has 0 heterocycles. The first-order chi connectivity index (χ1) is 10.3. The van der Waals surface area contributed by atoms with Crippen LogP contribution < -0.4 is 5.32 Å². The molecule has 4 heteroatoms. The van der Waals surface area contributed by atoms with Crippen molar-refractivity contribution in [3.8, 4) is 0 Å². The molecular formula is C18H35NO3. The van der Waals surface area contributed by atoms with Crippen molar-refractivity contribution < 1.29 is 14.3 Å². The van der Waals surface area contributed by atoms with Crippen LogP contribution in [0.5, 0.6) is 0 Å². The maximum atomic E-state index is 11.9. The van der Waals surface area contributed by atoms with Gasteiger partial charge in [0.05, 0.1) is 12.2 Å². The lowest BCUT2D eigenvalue weighted by atomic mass is 9.81. The number of nitrogens with one attached hydrogen (secondary N) is 1. The second-order valence-electron chi connectivity index (χ2n) is 7.89. The highest BCUT2D eigenvalue weighted by molar-refractivity contribution is 5.79. The lowest BCUT2D eigenvalue weighted by Crippen LogP contribution is -2.42. The molecule has 0 aliphatic heterocycles. The summed E-state index contributed by atoms with van der Waals surface area (Å²) in [5.74, 6) is 0.331. The Hall–Kier alpha value is -0.610. The van der Waals surface area contributed by atoms with E-state index < -0.39 is 0 Å². The third-order valence-corrected chi connectivity index (χ3v) is 3.96. The number of rotatable bonds is 10. The topological polar surface area (TPSA) is 47.6 Å². The van der Waals surface area contributed by atoms with E-state index in [4.69, 9.17) is 9.47 Å². The van der Waals surface area contributed by atoms with Crippen molar-refractivity contribution in [2.24, 2.45) is 11.3 Å². The molecule has 1 saturated carbocycles. The van der Waals surface area contributed by atoms with E-state index in [0.717, 1.165) is 32.3 Å². The largest absolute Gasteiger partial charge is 0.379 e. The number of carbonyl (C=O) groups excluding carboxylic acids is 1. The van der Waals surface area contributed by atoms with Crippen LogP contribution in [-0.2, 0) is 14.3 Å². The first kappa shape index (κ1) is 19.4. The van der Waals surface area contributed by atoms with Gasteiger partial charge in [-0.15, -0.1) is 0 Å². The predicted molar refractivity (Wildman–Crippen MR) is 89.9 cm³/mol. The third kappa shape index (κ3) is 8.74.